The Bertz CT molecular complexity index is 962. The molecule has 0 radical (unpaired) electrons. The number of carbonyl (C=O) groups excluding carboxylic acids is 1. The van der Waals surface area contributed by atoms with Gasteiger partial charge >= 0.3 is 0 Å². The van der Waals surface area contributed by atoms with E-state index in [4.69, 9.17) is 10.5 Å². The van der Waals surface area contributed by atoms with Crippen LogP contribution in [0.1, 0.15) is 28.8 Å². The molecule has 2 aromatic carbocycles. The molecule has 6 heteroatoms. The van der Waals surface area contributed by atoms with Gasteiger partial charge < -0.3 is 15.8 Å². The first-order valence-corrected chi connectivity index (χ1v) is 9.66. The van der Waals surface area contributed by atoms with Gasteiger partial charge in [0.1, 0.15) is 5.75 Å². The zero-order valence-electron chi connectivity index (χ0n) is 15.1. The normalized spacial score (nSPS) is 14.6. The number of anilines is 2. The molecule has 4 rings (SSSR count). The lowest BCUT2D eigenvalue weighted by Gasteiger charge is -2.15. The Kier molecular flexibility index (Phi) is 4.58. The number of nitrogen functional groups attached to an aromatic ring is 1. The molecular weight excluding hydrogens is 358 g/mol. The Morgan fingerprint density at radius 3 is 2.63 bits per heavy atom. The summed E-state index contributed by atoms with van der Waals surface area (Å²) < 4.78 is 5.20. The number of para-hydroxylation sites is 1. The first-order chi connectivity index (χ1) is 13.1. The number of benzene rings is 2. The second-order valence-electron chi connectivity index (χ2n) is 6.77. The number of rotatable bonds is 6. The van der Waals surface area contributed by atoms with E-state index in [1.165, 1.54) is 11.3 Å². The highest BCUT2D eigenvalue weighted by Crippen LogP contribution is 2.49. The first-order valence-electron chi connectivity index (χ1n) is 8.85. The van der Waals surface area contributed by atoms with E-state index in [1.807, 2.05) is 48.5 Å². The first kappa shape index (κ1) is 17.5. The molecule has 0 saturated heterocycles. The summed E-state index contributed by atoms with van der Waals surface area (Å²) in [5, 5.41) is 3.63. The van der Waals surface area contributed by atoms with Gasteiger partial charge in [0.2, 0.25) is 5.91 Å². The molecule has 1 aliphatic carbocycles. The van der Waals surface area contributed by atoms with E-state index < -0.39 is 5.41 Å². The number of nitrogens with one attached hydrogen (secondary N) is 1. The van der Waals surface area contributed by atoms with Crippen LogP contribution >= 0.6 is 11.3 Å². The fourth-order valence-corrected chi connectivity index (χ4v) is 4.06. The average molecular weight is 379 g/mol. The lowest BCUT2D eigenvalue weighted by atomic mass is 9.95. The molecule has 1 amide bonds. The summed E-state index contributed by atoms with van der Waals surface area (Å²) in [4.78, 5) is 18.3. The van der Waals surface area contributed by atoms with E-state index in [0.29, 0.717) is 11.6 Å². The van der Waals surface area contributed by atoms with E-state index >= 15 is 0 Å². The molecule has 0 bridgehead atoms. The molecule has 1 saturated carbocycles. The number of methoxy groups -OCH3 is 1. The molecule has 1 heterocycles. The van der Waals surface area contributed by atoms with Gasteiger partial charge in [-0.1, -0.05) is 30.3 Å². The summed E-state index contributed by atoms with van der Waals surface area (Å²) >= 11 is 1.49. The summed E-state index contributed by atoms with van der Waals surface area (Å²) in [6, 6.07) is 15.5. The van der Waals surface area contributed by atoms with Crippen molar-refractivity contribution in [2.45, 2.75) is 24.7 Å². The van der Waals surface area contributed by atoms with E-state index in [-0.39, 0.29) is 5.91 Å². The molecule has 1 aromatic heterocycles. The van der Waals surface area contributed by atoms with Crippen molar-refractivity contribution >= 4 is 28.1 Å². The van der Waals surface area contributed by atoms with Gasteiger partial charge in [0.25, 0.3) is 0 Å². The van der Waals surface area contributed by atoms with Crippen LogP contribution in [0.4, 0.5) is 10.8 Å². The van der Waals surface area contributed by atoms with Crippen LogP contribution in [-0.4, -0.2) is 18.0 Å². The monoisotopic (exact) mass is 379 g/mol. The van der Waals surface area contributed by atoms with Crippen molar-refractivity contribution in [3.05, 3.63) is 70.7 Å². The Labute approximate surface area is 162 Å². The average Bonchev–Trinajstić information content (AvgIpc) is 3.39. The Balaban J connectivity index is 1.45. The second-order valence-corrected chi connectivity index (χ2v) is 7.89. The molecule has 1 fully saturated rings. The number of amides is 1. The predicted molar refractivity (Wildman–Crippen MR) is 108 cm³/mol. The van der Waals surface area contributed by atoms with Crippen molar-refractivity contribution in [1.29, 1.82) is 0 Å². The van der Waals surface area contributed by atoms with Crippen molar-refractivity contribution in [3.63, 3.8) is 0 Å². The highest BCUT2D eigenvalue weighted by molar-refractivity contribution is 7.15. The summed E-state index contributed by atoms with van der Waals surface area (Å²) in [6.45, 7) is 0. The van der Waals surface area contributed by atoms with Crippen LogP contribution in [0.15, 0.2) is 54.7 Å². The van der Waals surface area contributed by atoms with Crippen LogP contribution in [-0.2, 0) is 16.6 Å². The minimum Gasteiger partial charge on any atom is -0.497 e. The number of hydrogen-bond donors (Lipinski definition) is 2. The number of carbonyl (C=O) groups is 1. The molecule has 0 atom stereocenters. The number of ether oxygens (including phenoxy) is 1. The zero-order chi connectivity index (χ0) is 18.9. The molecule has 138 valence electrons. The molecule has 0 unspecified atom stereocenters. The third-order valence-corrected chi connectivity index (χ3v) is 5.93. The summed E-state index contributed by atoms with van der Waals surface area (Å²) in [5.74, 6) is 0.799. The number of nitrogens with zero attached hydrogens (tertiary/aromatic N) is 1. The van der Waals surface area contributed by atoms with E-state index in [0.717, 1.165) is 40.3 Å². The highest BCUT2D eigenvalue weighted by Gasteiger charge is 2.51. The summed E-state index contributed by atoms with van der Waals surface area (Å²) in [5.41, 5.74) is 8.43. The van der Waals surface area contributed by atoms with Crippen LogP contribution in [0, 0.1) is 0 Å². The molecule has 0 spiro atoms. The molecule has 1 aliphatic rings. The van der Waals surface area contributed by atoms with Crippen molar-refractivity contribution in [1.82, 2.24) is 4.98 Å². The standard InChI is InChI=1S/C21H21N3O2S/c1-26-16-8-6-15(7-9-16)21(10-11-21)19(25)24-20-23-13-17(27-20)12-14-4-2-3-5-18(14)22/h2-9,13H,10-12,22H2,1H3,(H,23,24,25). The Hall–Kier alpha value is -2.86. The smallest absolute Gasteiger partial charge is 0.236 e. The fourth-order valence-electron chi connectivity index (χ4n) is 3.23. The minimum atomic E-state index is -0.442. The summed E-state index contributed by atoms with van der Waals surface area (Å²) in [7, 11) is 1.64. The maximum atomic E-state index is 12.9. The maximum absolute atomic E-state index is 12.9. The SMILES string of the molecule is COc1ccc(C2(C(=O)Nc3ncc(Cc4ccccc4N)s3)CC2)cc1. The zero-order valence-corrected chi connectivity index (χ0v) is 15.9. The van der Waals surface area contributed by atoms with Crippen LogP contribution in [0.2, 0.25) is 0 Å². The van der Waals surface area contributed by atoms with E-state index in [1.54, 1.807) is 13.3 Å². The van der Waals surface area contributed by atoms with Gasteiger partial charge in [0.05, 0.1) is 12.5 Å². The van der Waals surface area contributed by atoms with Gasteiger partial charge in [-0.15, -0.1) is 11.3 Å². The van der Waals surface area contributed by atoms with Crippen LogP contribution in [0.5, 0.6) is 5.75 Å². The Morgan fingerprint density at radius 2 is 1.96 bits per heavy atom. The van der Waals surface area contributed by atoms with Gasteiger partial charge in [-0.05, 0) is 42.2 Å². The third kappa shape index (κ3) is 3.53. The van der Waals surface area contributed by atoms with Crippen LogP contribution < -0.4 is 15.8 Å². The predicted octanol–water partition coefficient (Wildman–Crippen LogP) is 4.00. The summed E-state index contributed by atoms with van der Waals surface area (Å²) in [6.07, 6.45) is 4.22. The lowest BCUT2D eigenvalue weighted by Crippen LogP contribution is -2.27. The molecule has 27 heavy (non-hydrogen) atoms. The minimum absolute atomic E-state index is 0.00721. The van der Waals surface area contributed by atoms with Crippen LogP contribution in [0.25, 0.3) is 0 Å². The molecule has 5 nitrogen and oxygen atoms in total. The van der Waals surface area contributed by atoms with Gasteiger partial charge in [-0.25, -0.2) is 4.98 Å². The fraction of sp³-hybridized carbons (Fsp3) is 0.238. The van der Waals surface area contributed by atoms with Crippen molar-refractivity contribution in [3.8, 4) is 5.75 Å². The lowest BCUT2D eigenvalue weighted by molar-refractivity contribution is -0.118. The third-order valence-electron chi connectivity index (χ3n) is 5.02. The van der Waals surface area contributed by atoms with Crippen molar-refractivity contribution in [2.24, 2.45) is 0 Å². The molecule has 3 N–H and O–H groups in total. The highest BCUT2D eigenvalue weighted by atomic mass is 32.1. The van der Waals surface area contributed by atoms with Crippen molar-refractivity contribution < 1.29 is 9.53 Å². The van der Waals surface area contributed by atoms with Gasteiger partial charge in [0, 0.05) is 23.2 Å². The second kappa shape index (κ2) is 7.04. The molecular formula is C21H21N3O2S. The van der Waals surface area contributed by atoms with E-state index in [9.17, 15) is 4.79 Å². The van der Waals surface area contributed by atoms with E-state index in [2.05, 4.69) is 10.3 Å². The molecule has 0 aliphatic heterocycles. The number of thiazole rings is 1. The maximum Gasteiger partial charge on any atom is 0.236 e. The van der Waals surface area contributed by atoms with Gasteiger partial charge in [-0.2, -0.15) is 0 Å². The quantitative estimate of drug-likeness (QED) is 0.635. The molecule has 3 aromatic rings. The number of aromatic nitrogens is 1. The topological polar surface area (TPSA) is 77.2 Å². The van der Waals surface area contributed by atoms with Crippen LogP contribution in [0.3, 0.4) is 0 Å². The number of nitrogens with two attached hydrogens (primary N) is 1. The van der Waals surface area contributed by atoms with Gasteiger partial charge in [0.15, 0.2) is 5.13 Å². The number of hydrogen-bond acceptors (Lipinski definition) is 5. The Morgan fingerprint density at radius 1 is 1.22 bits per heavy atom. The van der Waals surface area contributed by atoms with Gasteiger partial charge in [-0.3, -0.25) is 4.79 Å². The largest absolute Gasteiger partial charge is 0.497 e. The van der Waals surface area contributed by atoms with Crippen molar-refractivity contribution in [2.75, 3.05) is 18.2 Å².